The normalized spacial score (nSPS) is 20.1. The number of fused-ring (bicyclic) bond motifs is 1. The molecule has 0 aromatic heterocycles. The predicted molar refractivity (Wildman–Crippen MR) is 66.8 cm³/mol. The zero-order valence-electron chi connectivity index (χ0n) is 10.5. The number of aryl methyl sites for hydroxylation is 1. The van der Waals surface area contributed by atoms with Gasteiger partial charge in [-0.05, 0) is 50.1 Å². The average Bonchev–Trinajstić information content (AvgIpc) is 2.69. The maximum Gasteiger partial charge on any atom is 0.231 e. The van der Waals surface area contributed by atoms with Crippen LogP contribution in [0.15, 0.2) is 12.1 Å². The summed E-state index contributed by atoms with van der Waals surface area (Å²) in [4.78, 5) is 0. The summed E-state index contributed by atoms with van der Waals surface area (Å²) in [6.07, 6.45) is 3.87. The third-order valence-electron chi connectivity index (χ3n) is 4.12. The molecule has 0 amide bonds. The fourth-order valence-electron chi connectivity index (χ4n) is 3.10. The van der Waals surface area contributed by atoms with Crippen molar-refractivity contribution in [1.29, 1.82) is 0 Å². The van der Waals surface area contributed by atoms with Crippen LogP contribution in [0.3, 0.4) is 0 Å². The van der Waals surface area contributed by atoms with Gasteiger partial charge in [0.2, 0.25) is 6.79 Å². The molecule has 1 aliphatic heterocycles. The van der Waals surface area contributed by atoms with E-state index in [4.69, 9.17) is 9.47 Å². The summed E-state index contributed by atoms with van der Waals surface area (Å²) in [6, 6.07) is 4.31. The van der Waals surface area contributed by atoms with E-state index in [9.17, 15) is 0 Å². The quantitative estimate of drug-likeness (QED) is 0.869. The van der Waals surface area contributed by atoms with Gasteiger partial charge in [0.25, 0.3) is 0 Å². The van der Waals surface area contributed by atoms with E-state index >= 15 is 0 Å². The Kier molecular flexibility index (Phi) is 2.51. The van der Waals surface area contributed by atoms with E-state index < -0.39 is 0 Å². The maximum atomic E-state index is 5.49. The standard InChI is InChI=1S/C14H19NO2/c1-10-6-12-13(17-9-16-12)7-11(10)14(8-15-2)4-3-5-14/h6-7,15H,3-5,8-9H2,1-2H3. The highest BCUT2D eigenvalue weighted by Gasteiger charge is 2.39. The number of ether oxygens (including phenoxy) is 2. The monoisotopic (exact) mass is 233 g/mol. The molecule has 17 heavy (non-hydrogen) atoms. The van der Waals surface area contributed by atoms with Gasteiger partial charge in [-0.2, -0.15) is 0 Å². The van der Waals surface area contributed by atoms with Gasteiger partial charge in [0.1, 0.15) is 0 Å². The van der Waals surface area contributed by atoms with Crippen LogP contribution in [0.1, 0.15) is 30.4 Å². The van der Waals surface area contributed by atoms with Gasteiger partial charge in [-0.3, -0.25) is 0 Å². The van der Waals surface area contributed by atoms with Gasteiger partial charge in [-0.15, -0.1) is 0 Å². The zero-order chi connectivity index (χ0) is 11.9. The molecule has 3 heteroatoms. The molecule has 2 aliphatic rings. The number of hydrogen-bond donors (Lipinski definition) is 1. The number of benzene rings is 1. The Bertz CT molecular complexity index is 438. The van der Waals surface area contributed by atoms with Crippen LogP contribution in [-0.2, 0) is 5.41 Å². The lowest BCUT2D eigenvalue weighted by molar-refractivity contribution is 0.173. The minimum atomic E-state index is 0.319. The summed E-state index contributed by atoms with van der Waals surface area (Å²) < 4.78 is 10.9. The minimum Gasteiger partial charge on any atom is -0.454 e. The molecule has 1 saturated carbocycles. The second-order valence-electron chi connectivity index (χ2n) is 5.18. The van der Waals surface area contributed by atoms with Gasteiger partial charge in [0, 0.05) is 12.0 Å². The van der Waals surface area contributed by atoms with Gasteiger partial charge in [0.05, 0.1) is 0 Å². The van der Waals surface area contributed by atoms with Crippen molar-refractivity contribution in [3.63, 3.8) is 0 Å². The van der Waals surface area contributed by atoms with E-state index in [0.29, 0.717) is 12.2 Å². The molecular weight excluding hydrogens is 214 g/mol. The Labute approximate surface area is 102 Å². The zero-order valence-corrected chi connectivity index (χ0v) is 10.5. The molecule has 0 atom stereocenters. The smallest absolute Gasteiger partial charge is 0.231 e. The van der Waals surface area contributed by atoms with E-state index in [1.54, 1.807) is 0 Å². The lowest BCUT2D eigenvalue weighted by atomic mass is 9.63. The van der Waals surface area contributed by atoms with Crippen molar-refractivity contribution in [3.05, 3.63) is 23.3 Å². The predicted octanol–water partition coefficient (Wildman–Crippen LogP) is 2.36. The largest absolute Gasteiger partial charge is 0.454 e. The van der Waals surface area contributed by atoms with Crippen LogP contribution in [0.25, 0.3) is 0 Å². The Hall–Kier alpha value is -1.22. The Balaban J connectivity index is 2.02. The average molecular weight is 233 g/mol. The lowest BCUT2D eigenvalue weighted by Gasteiger charge is -2.43. The topological polar surface area (TPSA) is 30.5 Å². The molecule has 3 nitrogen and oxygen atoms in total. The molecule has 1 aromatic carbocycles. The van der Waals surface area contributed by atoms with Crippen molar-refractivity contribution in [2.75, 3.05) is 20.4 Å². The van der Waals surface area contributed by atoms with Crippen LogP contribution in [-0.4, -0.2) is 20.4 Å². The number of likely N-dealkylation sites (N-methyl/N-ethyl adjacent to an activating group) is 1. The van der Waals surface area contributed by atoms with Gasteiger partial charge in [-0.25, -0.2) is 0 Å². The molecule has 92 valence electrons. The molecule has 1 fully saturated rings. The summed E-state index contributed by atoms with van der Waals surface area (Å²) in [6.45, 7) is 3.58. The first-order valence-corrected chi connectivity index (χ1v) is 6.30. The highest BCUT2D eigenvalue weighted by atomic mass is 16.7. The highest BCUT2D eigenvalue weighted by Crippen LogP contribution is 2.47. The molecule has 1 aromatic rings. The molecule has 3 rings (SSSR count). The Morgan fingerprint density at radius 2 is 1.94 bits per heavy atom. The van der Waals surface area contributed by atoms with Crippen molar-refractivity contribution >= 4 is 0 Å². The van der Waals surface area contributed by atoms with Crippen LogP contribution in [0, 0.1) is 6.92 Å². The molecule has 0 unspecified atom stereocenters. The SMILES string of the molecule is CNCC1(c2cc3c(cc2C)OCO3)CCC1. The van der Waals surface area contributed by atoms with E-state index in [2.05, 4.69) is 24.4 Å². The first-order valence-electron chi connectivity index (χ1n) is 6.30. The highest BCUT2D eigenvalue weighted by molar-refractivity contribution is 5.51. The molecule has 0 bridgehead atoms. The van der Waals surface area contributed by atoms with Crippen molar-refractivity contribution in [1.82, 2.24) is 5.32 Å². The van der Waals surface area contributed by atoms with Crippen molar-refractivity contribution in [2.24, 2.45) is 0 Å². The van der Waals surface area contributed by atoms with Crippen LogP contribution >= 0.6 is 0 Å². The molecule has 1 N–H and O–H groups in total. The number of rotatable bonds is 3. The van der Waals surface area contributed by atoms with Crippen LogP contribution in [0.2, 0.25) is 0 Å². The van der Waals surface area contributed by atoms with Crippen LogP contribution in [0.5, 0.6) is 11.5 Å². The van der Waals surface area contributed by atoms with Crippen LogP contribution < -0.4 is 14.8 Å². The van der Waals surface area contributed by atoms with E-state index in [1.165, 1.54) is 30.4 Å². The molecule has 0 saturated heterocycles. The van der Waals surface area contributed by atoms with Crippen LogP contribution in [0.4, 0.5) is 0 Å². The molecule has 1 heterocycles. The van der Waals surface area contributed by atoms with Gasteiger partial charge < -0.3 is 14.8 Å². The van der Waals surface area contributed by atoms with E-state index in [0.717, 1.165) is 18.0 Å². The fraction of sp³-hybridized carbons (Fsp3) is 0.571. The summed E-state index contributed by atoms with van der Waals surface area (Å²) in [5.41, 5.74) is 3.08. The molecule has 0 spiro atoms. The van der Waals surface area contributed by atoms with Crippen molar-refractivity contribution in [2.45, 2.75) is 31.6 Å². The molecule has 1 aliphatic carbocycles. The first kappa shape index (κ1) is 10.9. The Morgan fingerprint density at radius 3 is 2.53 bits per heavy atom. The second kappa shape index (κ2) is 3.91. The van der Waals surface area contributed by atoms with Crippen molar-refractivity contribution < 1.29 is 9.47 Å². The molecule has 0 radical (unpaired) electrons. The number of hydrogen-bond acceptors (Lipinski definition) is 3. The number of nitrogens with one attached hydrogen (secondary N) is 1. The minimum absolute atomic E-state index is 0.319. The third kappa shape index (κ3) is 1.61. The van der Waals surface area contributed by atoms with Crippen molar-refractivity contribution in [3.8, 4) is 11.5 Å². The first-order chi connectivity index (χ1) is 8.25. The van der Waals surface area contributed by atoms with E-state index in [1.807, 2.05) is 7.05 Å². The van der Waals surface area contributed by atoms with Gasteiger partial charge in [0.15, 0.2) is 11.5 Å². The van der Waals surface area contributed by atoms with Gasteiger partial charge in [-0.1, -0.05) is 6.42 Å². The lowest BCUT2D eigenvalue weighted by Crippen LogP contribution is -2.43. The maximum absolute atomic E-state index is 5.49. The van der Waals surface area contributed by atoms with E-state index in [-0.39, 0.29) is 0 Å². The summed E-state index contributed by atoms with van der Waals surface area (Å²) in [7, 11) is 2.03. The second-order valence-corrected chi connectivity index (χ2v) is 5.18. The third-order valence-corrected chi connectivity index (χ3v) is 4.12. The summed E-state index contributed by atoms with van der Waals surface area (Å²) in [5.74, 6) is 1.80. The van der Waals surface area contributed by atoms with Gasteiger partial charge >= 0.3 is 0 Å². The summed E-state index contributed by atoms with van der Waals surface area (Å²) in [5, 5.41) is 3.33. The molecular formula is C14H19NO2. The fourth-order valence-corrected chi connectivity index (χ4v) is 3.10. The Morgan fingerprint density at radius 1 is 1.24 bits per heavy atom. The summed E-state index contributed by atoms with van der Waals surface area (Å²) >= 11 is 0.